The van der Waals surface area contributed by atoms with E-state index >= 15 is 0 Å². The first-order valence-electron chi connectivity index (χ1n) is 16.9. The van der Waals surface area contributed by atoms with Crippen molar-refractivity contribution in [2.45, 2.75) is 31.1 Å². The van der Waals surface area contributed by atoms with Crippen molar-refractivity contribution in [3.8, 4) is 0 Å². The fraction of sp³-hybridized carbons (Fsp3) is 0.195. The molecule has 6 aliphatic heterocycles. The zero-order chi connectivity index (χ0) is 30.9. The minimum absolute atomic E-state index is 0.285. The van der Waals surface area contributed by atoms with Gasteiger partial charge in [-0.25, -0.2) is 9.97 Å². The van der Waals surface area contributed by atoms with E-state index in [2.05, 4.69) is 132 Å². The van der Waals surface area contributed by atoms with Crippen LogP contribution in [0.5, 0.6) is 0 Å². The van der Waals surface area contributed by atoms with E-state index in [1.165, 1.54) is 66.1 Å². The molecule has 8 heterocycles. The molecule has 18 bridgehead atoms. The molecule has 0 radical (unpaired) electrons. The van der Waals surface area contributed by atoms with Gasteiger partial charge in [-0.2, -0.15) is 0 Å². The third-order valence-corrected chi connectivity index (χ3v) is 17.6. The summed E-state index contributed by atoms with van der Waals surface area (Å²) in [5, 5.41) is 0. The van der Waals surface area contributed by atoms with Crippen molar-refractivity contribution in [3.05, 3.63) is 161 Å². The van der Waals surface area contributed by atoms with Gasteiger partial charge in [-0.05, 0) is 112 Å². The molecule has 0 saturated carbocycles. The smallest absolute Gasteiger partial charge is 0.241 e. The van der Waals surface area contributed by atoms with Gasteiger partial charge in [0.05, 0.1) is 27.4 Å². The summed E-state index contributed by atoms with van der Waals surface area (Å²) in [7, 11) is -2.25. The number of nitrogens with zero attached hydrogens (tertiary/aromatic N) is 3. The van der Waals surface area contributed by atoms with Crippen molar-refractivity contribution in [2.75, 3.05) is 23.4 Å². The van der Waals surface area contributed by atoms with Crippen LogP contribution in [0.3, 0.4) is 0 Å². The number of allylic oxidation sites excluding steroid dienone is 2. The Balaban J connectivity index is 1.40. The summed E-state index contributed by atoms with van der Waals surface area (Å²) < 4.78 is 0. The molecule has 0 spiro atoms. The Labute approximate surface area is 280 Å². The topological polar surface area (TPSA) is 29.0 Å². The van der Waals surface area contributed by atoms with Crippen LogP contribution in [0.15, 0.2) is 133 Å². The number of hydrogen-bond acceptors (Lipinski definition) is 3. The lowest BCUT2D eigenvalue weighted by Gasteiger charge is -2.33. The molecule has 0 fully saturated rings. The van der Waals surface area contributed by atoms with Gasteiger partial charge in [-0.3, -0.25) is 4.90 Å². The Morgan fingerprint density at radius 3 is 2.19 bits per heavy atom. The molecular weight excluding hydrogens is 627 g/mol. The van der Waals surface area contributed by atoms with E-state index in [0.717, 1.165) is 37.7 Å². The summed E-state index contributed by atoms with van der Waals surface area (Å²) in [6.45, 7) is 0. The van der Waals surface area contributed by atoms with E-state index in [-0.39, 0.29) is 5.92 Å². The minimum atomic E-state index is -0.763. The van der Waals surface area contributed by atoms with E-state index in [9.17, 15) is 0 Å². The Bertz CT molecular complexity index is 2170. The summed E-state index contributed by atoms with van der Waals surface area (Å²) >= 11 is 0. The molecule has 3 nitrogen and oxygen atoms in total. The van der Waals surface area contributed by atoms with E-state index in [1.807, 2.05) is 0 Å². The van der Waals surface area contributed by atoms with Gasteiger partial charge in [0.1, 0.15) is 6.16 Å². The van der Waals surface area contributed by atoms with Gasteiger partial charge in [0.15, 0.2) is 7.55 Å². The zero-order valence-electron chi connectivity index (χ0n) is 26.2. The van der Waals surface area contributed by atoms with Gasteiger partial charge in [0.25, 0.3) is 0 Å². The molecule has 228 valence electrons. The van der Waals surface area contributed by atoms with Crippen LogP contribution < -0.4 is 26.6 Å². The standard InChI is InChI=1S/C41H35N3P3/c1-7-28-19-22-46-38-15-4-13-36(42-38)45-23-20-35-31-10-2-9-30(26-31)34(29(8-1)25-28)21-24-47(39-16-5-14-37(45)43-39)41-18-6-17-40(46)44(41)33-12-3-11-32(35)27-33/h1-18,25-27,34-35H,19-24H2/q+1. The highest BCUT2D eigenvalue weighted by atomic mass is 31.1. The molecule has 5 aromatic rings. The number of rotatable bonds is 0. The third-order valence-electron chi connectivity index (χ3n) is 10.6. The molecule has 5 atom stereocenters. The van der Waals surface area contributed by atoms with Crippen molar-refractivity contribution < 1.29 is 0 Å². The fourth-order valence-corrected chi connectivity index (χ4v) is 15.6. The second-order valence-electron chi connectivity index (χ2n) is 13.2. The maximum Gasteiger partial charge on any atom is 0.241 e. The van der Waals surface area contributed by atoms with Gasteiger partial charge >= 0.3 is 0 Å². The van der Waals surface area contributed by atoms with Gasteiger partial charge in [-0.1, -0.05) is 78.9 Å². The predicted octanol–water partition coefficient (Wildman–Crippen LogP) is 7.81. The molecule has 3 aromatic carbocycles. The number of fused-ring (bicyclic) bond motifs is 9. The lowest BCUT2D eigenvalue weighted by atomic mass is 9.83. The first-order chi connectivity index (χ1) is 23.3. The average Bonchev–Trinajstić information content (AvgIpc) is 3.12. The van der Waals surface area contributed by atoms with Crippen molar-refractivity contribution >= 4 is 56.2 Å². The van der Waals surface area contributed by atoms with Crippen LogP contribution in [-0.4, -0.2) is 33.9 Å². The second-order valence-corrected chi connectivity index (χ2v) is 19.8. The minimum Gasteiger partial charge on any atom is -0.275 e. The van der Waals surface area contributed by atoms with E-state index < -0.39 is 23.4 Å². The number of aryl methyl sites for hydroxylation is 1. The number of anilines is 1. The maximum absolute atomic E-state index is 5.67. The first-order valence-corrected chi connectivity index (χ1v) is 21.5. The van der Waals surface area contributed by atoms with Crippen LogP contribution >= 0.6 is 23.4 Å². The van der Waals surface area contributed by atoms with Crippen LogP contribution in [-0.2, 0) is 6.42 Å². The van der Waals surface area contributed by atoms with Crippen LogP contribution in [0, 0.1) is 0 Å². The monoisotopic (exact) mass is 662 g/mol. The van der Waals surface area contributed by atoms with E-state index in [4.69, 9.17) is 9.97 Å². The molecule has 6 aliphatic rings. The second kappa shape index (κ2) is 11.5. The first kappa shape index (κ1) is 28.3. The van der Waals surface area contributed by atoms with Gasteiger partial charge in [0.2, 0.25) is 10.9 Å². The third kappa shape index (κ3) is 4.82. The number of aromatic nitrogens is 2. The van der Waals surface area contributed by atoms with Crippen molar-refractivity contribution in [3.63, 3.8) is 0 Å². The van der Waals surface area contributed by atoms with Crippen molar-refractivity contribution in [1.29, 1.82) is 0 Å². The predicted molar refractivity (Wildman–Crippen MR) is 203 cm³/mol. The normalized spacial score (nSPS) is 24.3. The molecular formula is C41H35N3P3+. The molecule has 6 heteroatoms. The Kier molecular flexibility index (Phi) is 6.90. The maximum atomic E-state index is 5.67. The summed E-state index contributed by atoms with van der Waals surface area (Å²) in [6.07, 6.45) is 13.6. The lowest BCUT2D eigenvalue weighted by molar-refractivity contribution is 0.759. The molecule has 47 heavy (non-hydrogen) atoms. The highest BCUT2D eigenvalue weighted by molar-refractivity contribution is 7.73. The summed E-state index contributed by atoms with van der Waals surface area (Å²) in [5.74, 6) is 0.617. The lowest BCUT2D eigenvalue weighted by Crippen LogP contribution is -2.35. The van der Waals surface area contributed by atoms with Crippen molar-refractivity contribution in [1.82, 2.24) is 9.97 Å². The van der Waals surface area contributed by atoms with Crippen LogP contribution in [0.25, 0.3) is 0 Å². The SMILES string of the molecule is C1=CC2=[P+]3CCC4c5cccc(c5)CCP5C(=C1)N2c1cccc(c1)C(CCP(c1cccc5n1)c1cccc3n1)c1cccc4c1. The summed E-state index contributed by atoms with van der Waals surface area (Å²) in [5.41, 5.74) is 16.3. The largest absolute Gasteiger partial charge is 0.275 e. The molecule has 5 unspecified atom stereocenters. The quantitative estimate of drug-likeness (QED) is 0.159. The van der Waals surface area contributed by atoms with Crippen LogP contribution in [0.4, 0.5) is 5.69 Å². The number of benzene rings is 3. The van der Waals surface area contributed by atoms with Crippen molar-refractivity contribution in [2.24, 2.45) is 0 Å². The van der Waals surface area contributed by atoms with Gasteiger partial charge in [0, 0.05) is 24.0 Å². The number of pyridine rings is 2. The Morgan fingerprint density at radius 1 is 0.638 bits per heavy atom. The van der Waals surface area contributed by atoms with Gasteiger partial charge in [-0.15, -0.1) is 0 Å². The highest BCUT2D eigenvalue weighted by Crippen LogP contribution is 2.52. The highest BCUT2D eigenvalue weighted by Gasteiger charge is 2.38. The zero-order valence-corrected chi connectivity index (χ0v) is 28.9. The van der Waals surface area contributed by atoms with E-state index in [1.54, 1.807) is 0 Å². The van der Waals surface area contributed by atoms with Crippen LogP contribution in [0.2, 0.25) is 0 Å². The number of hydrogen-bond donors (Lipinski definition) is 0. The Hall–Kier alpha value is -3.73. The molecule has 0 saturated heterocycles. The molecule has 0 aliphatic carbocycles. The summed E-state index contributed by atoms with van der Waals surface area (Å²) in [6, 6.07) is 42.7. The van der Waals surface area contributed by atoms with Crippen LogP contribution in [0.1, 0.15) is 52.5 Å². The van der Waals surface area contributed by atoms with E-state index in [0.29, 0.717) is 5.92 Å². The molecule has 0 N–H and O–H groups in total. The Morgan fingerprint density at radius 2 is 1.32 bits per heavy atom. The average molecular weight is 663 g/mol. The molecule has 11 rings (SSSR count). The molecule has 0 amide bonds. The molecule has 2 aromatic heterocycles. The summed E-state index contributed by atoms with van der Waals surface area (Å²) in [4.78, 5) is 14.0. The fourth-order valence-electron chi connectivity index (χ4n) is 8.28. The van der Waals surface area contributed by atoms with Gasteiger partial charge < -0.3 is 0 Å².